The molecule has 8 aromatic carbocycles. The van der Waals surface area contributed by atoms with Crippen LogP contribution in [-0.4, -0.2) is 0 Å². The molecule has 0 aromatic heterocycles. The Labute approximate surface area is 314 Å². The van der Waals surface area contributed by atoms with E-state index in [2.05, 4.69) is 231 Å². The van der Waals surface area contributed by atoms with Crippen LogP contribution in [0.25, 0.3) is 11.1 Å². The molecule has 0 atom stereocenters. The fourth-order valence-electron chi connectivity index (χ4n) is 7.45. The van der Waals surface area contributed by atoms with Crippen LogP contribution in [0.5, 0.6) is 0 Å². The molecule has 0 radical (unpaired) electrons. The van der Waals surface area contributed by atoms with Gasteiger partial charge in [-0.15, -0.1) is 0 Å². The van der Waals surface area contributed by atoms with Crippen LogP contribution < -0.4 is 59.4 Å². The Morgan fingerprint density at radius 2 is 0.333 bits per heavy atom. The van der Waals surface area contributed by atoms with Crippen molar-refractivity contribution in [1.29, 1.82) is 0 Å². The van der Waals surface area contributed by atoms with E-state index in [-0.39, 0.29) is 17.0 Å². The summed E-state index contributed by atoms with van der Waals surface area (Å²) in [4.78, 5) is 0. The molecule has 0 unspecified atom stereocenters. The van der Waals surface area contributed by atoms with Gasteiger partial charge in [0.05, 0.1) is 0 Å². The van der Waals surface area contributed by atoms with Gasteiger partial charge in [0.25, 0.3) is 0 Å². The third kappa shape index (κ3) is 6.32. The van der Waals surface area contributed by atoms with Gasteiger partial charge in [0.1, 0.15) is 57.0 Å². The van der Waals surface area contributed by atoms with Gasteiger partial charge in [-0.2, -0.15) is 0 Å². The van der Waals surface area contributed by atoms with Gasteiger partial charge in [-0.05, 0) is 108 Å². The number of rotatable bonds is 9. The summed E-state index contributed by atoms with van der Waals surface area (Å²) in [5, 5.41) is 10.9. The van der Waals surface area contributed by atoms with Crippen LogP contribution in [0.2, 0.25) is 0 Å². The Morgan fingerprint density at radius 1 is 0.176 bits per heavy atom. The minimum atomic E-state index is -2.14. The van der Waals surface area contributed by atoms with Gasteiger partial charge < -0.3 is 17.0 Å². The van der Waals surface area contributed by atoms with Crippen molar-refractivity contribution in [3.8, 4) is 11.1 Å². The summed E-state index contributed by atoms with van der Waals surface area (Å²) in [5.41, 5.74) is 2.44. The molecule has 51 heavy (non-hydrogen) atoms. The summed E-state index contributed by atoms with van der Waals surface area (Å²) < 4.78 is 0. The molecule has 0 heterocycles. The third-order valence-electron chi connectivity index (χ3n) is 9.70. The molecule has 0 fully saturated rings. The molecule has 0 aliphatic rings. The van der Waals surface area contributed by atoms with E-state index in [1.54, 1.807) is 0 Å². The molecule has 8 aromatic rings. The highest BCUT2D eigenvalue weighted by molar-refractivity contribution is 8.02. The third-order valence-corrected chi connectivity index (χ3v) is 18.3. The van der Waals surface area contributed by atoms with Gasteiger partial charge in [0.2, 0.25) is 0 Å². The zero-order valence-corrected chi connectivity index (χ0v) is 31.6. The van der Waals surface area contributed by atoms with Crippen LogP contribution in [0.15, 0.2) is 231 Å². The van der Waals surface area contributed by atoms with E-state index >= 15 is 0 Å². The largest absolute Gasteiger partial charge is 1.00 e. The van der Waals surface area contributed by atoms with E-state index < -0.39 is 14.5 Å². The Hall–Kier alpha value is -4.90. The molecule has 0 nitrogen and oxygen atoms in total. The maximum atomic E-state index is 2.37. The normalized spacial score (nSPS) is 11.4. The number of benzene rings is 8. The minimum absolute atomic E-state index is 0. The Kier molecular flexibility index (Phi) is 10.5. The Morgan fingerprint density at radius 3 is 0.510 bits per heavy atom. The van der Waals surface area contributed by atoms with E-state index in [4.69, 9.17) is 0 Å². The lowest BCUT2D eigenvalue weighted by Crippen LogP contribution is -3.00. The quantitative estimate of drug-likeness (QED) is 0.169. The molecule has 3 heteroatoms. The molecule has 0 saturated carbocycles. The summed E-state index contributed by atoms with van der Waals surface area (Å²) in [7, 11) is -4.29. The van der Waals surface area contributed by atoms with Crippen molar-refractivity contribution in [2.24, 2.45) is 0 Å². The average molecular weight is 757 g/mol. The average Bonchev–Trinajstić information content (AvgIpc) is 3.22. The van der Waals surface area contributed by atoms with Crippen molar-refractivity contribution >= 4 is 57.0 Å². The van der Waals surface area contributed by atoms with Crippen LogP contribution >= 0.6 is 14.5 Å². The predicted octanol–water partition coefficient (Wildman–Crippen LogP) is 5.60. The lowest BCUT2D eigenvalue weighted by Gasteiger charge is -2.28. The number of hydrogen-bond donors (Lipinski definition) is 0. The van der Waals surface area contributed by atoms with Gasteiger partial charge >= 0.3 is 0 Å². The molecular weight excluding hydrogens is 718 g/mol. The first-order valence-corrected chi connectivity index (χ1v) is 20.7. The van der Waals surface area contributed by atoms with Gasteiger partial charge in [0.15, 0.2) is 0 Å². The van der Waals surface area contributed by atoms with Crippen LogP contribution in [0, 0.1) is 0 Å². The van der Waals surface area contributed by atoms with E-state index in [0.29, 0.717) is 0 Å². The van der Waals surface area contributed by atoms with Crippen LogP contribution in [-0.2, 0) is 0 Å². The molecule has 0 bridgehead atoms. The molecule has 246 valence electrons. The van der Waals surface area contributed by atoms with Crippen molar-refractivity contribution < 1.29 is 17.0 Å². The highest BCUT2D eigenvalue weighted by atomic mass is 79.9. The standard InChI is InChI=1S/C48H38P2.BrH/c1-7-19-41(20-8-1)49(42-21-9-2-10-22-42,43-23-11-3-12-24-43)47-35-31-39(32-36-47)40-33-37-48(38-34-40)50(44-25-13-4-14-26-44,45-27-15-5-16-28-45)46-29-17-6-18-30-46;/h1-38H;1H/q+2;/p-1. The highest BCUT2D eigenvalue weighted by Gasteiger charge is 2.49. The lowest BCUT2D eigenvalue weighted by atomic mass is 10.1. The van der Waals surface area contributed by atoms with Crippen LogP contribution in [0.3, 0.4) is 0 Å². The predicted molar refractivity (Wildman–Crippen MR) is 221 cm³/mol. The maximum Gasteiger partial charge on any atom is 0.144 e. The molecule has 8 rings (SSSR count). The molecule has 0 N–H and O–H groups in total. The summed E-state index contributed by atoms with van der Waals surface area (Å²) in [6.07, 6.45) is 0. The molecular formula is C48H38BrP2+. The highest BCUT2D eigenvalue weighted by Crippen LogP contribution is 2.55. The fraction of sp³-hybridized carbons (Fsp3) is 0. The first kappa shape index (κ1) is 34.5. The fourth-order valence-corrected chi connectivity index (χ4v) is 15.9. The summed E-state index contributed by atoms with van der Waals surface area (Å²) >= 11 is 0. The van der Waals surface area contributed by atoms with Crippen molar-refractivity contribution in [3.63, 3.8) is 0 Å². The first-order chi connectivity index (χ1) is 24.8. The molecule has 0 aliphatic carbocycles. The smallest absolute Gasteiger partial charge is 0.144 e. The molecule has 0 spiro atoms. The van der Waals surface area contributed by atoms with E-state index in [0.717, 1.165) is 0 Å². The van der Waals surface area contributed by atoms with E-state index in [1.807, 2.05) is 0 Å². The molecule has 0 amide bonds. The lowest BCUT2D eigenvalue weighted by molar-refractivity contribution is -0.00000933. The van der Waals surface area contributed by atoms with Crippen molar-refractivity contribution in [2.75, 3.05) is 0 Å². The number of halogens is 1. The van der Waals surface area contributed by atoms with Crippen molar-refractivity contribution in [3.05, 3.63) is 231 Å². The topological polar surface area (TPSA) is 0 Å². The minimum Gasteiger partial charge on any atom is -1.00 e. The maximum absolute atomic E-state index is 2.37. The first-order valence-electron chi connectivity index (χ1n) is 17.1. The van der Waals surface area contributed by atoms with Crippen molar-refractivity contribution in [2.45, 2.75) is 0 Å². The zero-order valence-electron chi connectivity index (χ0n) is 28.2. The monoisotopic (exact) mass is 755 g/mol. The second-order valence-corrected chi connectivity index (χ2v) is 19.3. The molecule has 0 saturated heterocycles. The Balaban J connectivity index is 0.00000406. The molecule has 0 aliphatic heterocycles. The summed E-state index contributed by atoms with van der Waals surface area (Å²) in [6.45, 7) is 0. The van der Waals surface area contributed by atoms with Gasteiger partial charge in [-0.1, -0.05) is 133 Å². The van der Waals surface area contributed by atoms with Gasteiger partial charge in [-0.25, -0.2) is 0 Å². The second-order valence-electron chi connectivity index (χ2n) is 12.4. The van der Waals surface area contributed by atoms with Gasteiger partial charge in [-0.3, -0.25) is 0 Å². The summed E-state index contributed by atoms with van der Waals surface area (Å²) in [6, 6.07) is 85.3. The van der Waals surface area contributed by atoms with E-state index in [1.165, 1.54) is 53.6 Å². The number of hydrogen-bond acceptors (Lipinski definition) is 0. The SMILES string of the molecule is [Br-].c1ccc([P+](c2ccccc2)(c2ccccc2)c2ccc(-c3ccc([P+](c4ccccc4)(c4ccccc4)c4ccccc4)cc3)cc2)cc1. The Bertz CT molecular complexity index is 1900. The van der Waals surface area contributed by atoms with E-state index in [9.17, 15) is 0 Å². The summed E-state index contributed by atoms with van der Waals surface area (Å²) in [5.74, 6) is 0. The second kappa shape index (κ2) is 15.6. The van der Waals surface area contributed by atoms with Crippen LogP contribution in [0.1, 0.15) is 0 Å². The zero-order chi connectivity index (χ0) is 33.6. The van der Waals surface area contributed by atoms with Crippen LogP contribution in [0.4, 0.5) is 0 Å². The van der Waals surface area contributed by atoms with Crippen molar-refractivity contribution in [1.82, 2.24) is 0 Å². The van der Waals surface area contributed by atoms with Gasteiger partial charge in [0, 0.05) is 0 Å².